The smallest absolute Gasteiger partial charge is 0.271 e. The molecular weight excluding hydrogens is 336 g/mol. The molecule has 0 spiro atoms. The predicted octanol–water partition coefficient (Wildman–Crippen LogP) is 1.70. The van der Waals surface area contributed by atoms with Gasteiger partial charge in [-0.05, 0) is 24.1 Å². The van der Waals surface area contributed by atoms with Gasteiger partial charge in [-0.1, -0.05) is 24.3 Å². The molecular formula is C18H22N4O2S. The fourth-order valence-electron chi connectivity index (χ4n) is 2.86. The quantitative estimate of drug-likeness (QED) is 0.788. The molecule has 1 aliphatic rings. The highest BCUT2D eigenvalue weighted by atomic mass is 32.1. The maximum atomic E-state index is 12.2. The minimum atomic E-state index is -0.181. The monoisotopic (exact) mass is 358 g/mol. The highest BCUT2D eigenvalue weighted by Gasteiger charge is 2.20. The fraction of sp³-hybridized carbons (Fsp3) is 0.389. The molecule has 2 heterocycles. The predicted molar refractivity (Wildman–Crippen MR) is 97.1 cm³/mol. The third-order valence-corrected chi connectivity index (χ3v) is 5.04. The highest BCUT2D eigenvalue weighted by molar-refractivity contribution is 7.09. The number of hydrogen-bond acceptors (Lipinski definition) is 5. The topological polar surface area (TPSA) is 88.3 Å². The fourth-order valence-corrected chi connectivity index (χ4v) is 3.65. The first kappa shape index (κ1) is 17.6. The lowest BCUT2D eigenvalue weighted by Crippen LogP contribution is -2.24. The van der Waals surface area contributed by atoms with E-state index in [2.05, 4.69) is 10.3 Å². The molecule has 0 atom stereocenters. The largest absolute Gasteiger partial charge is 0.347 e. The number of carbonyl (C=O) groups is 2. The number of aromatic nitrogens is 1. The highest BCUT2D eigenvalue weighted by Crippen LogP contribution is 2.15. The van der Waals surface area contributed by atoms with Gasteiger partial charge < -0.3 is 16.0 Å². The van der Waals surface area contributed by atoms with Gasteiger partial charge >= 0.3 is 0 Å². The molecule has 0 aliphatic carbocycles. The van der Waals surface area contributed by atoms with Crippen molar-refractivity contribution in [2.75, 3.05) is 13.1 Å². The Morgan fingerprint density at radius 3 is 2.96 bits per heavy atom. The average Bonchev–Trinajstić information content (AvgIpc) is 3.23. The number of likely N-dealkylation sites (tertiary alicyclic amines) is 1. The lowest BCUT2D eigenvalue weighted by atomic mass is 10.1. The van der Waals surface area contributed by atoms with Crippen LogP contribution in [-0.2, 0) is 24.3 Å². The SMILES string of the molecule is NCCc1nc(C(=O)NCc2cccc(CN3CCCC3=O)c2)cs1. The molecule has 0 radical (unpaired) electrons. The normalized spacial score (nSPS) is 14.1. The van der Waals surface area contributed by atoms with Crippen molar-refractivity contribution in [2.24, 2.45) is 5.73 Å². The Morgan fingerprint density at radius 1 is 1.36 bits per heavy atom. The summed E-state index contributed by atoms with van der Waals surface area (Å²) in [5.41, 5.74) is 8.03. The standard InChI is InChI=1S/C18H22N4O2S/c19-7-6-16-21-15(12-25-16)18(24)20-10-13-3-1-4-14(9-13)11-22-8-2-5-17(22)23/h1,3-4,9,12H,2,5-8,10-11,19H2,(H,20,24). The molecule has 6 nitrogen and oxygen atoms in total. The second-order valence-corrected chi connectivity index (χ2v) is 7.03. The van der Waals surface area contributed by atoms with Gasteiger partial charge in [0.1, 0.15) is 5.69 Å². The van der Waals surface area contributed by atoms with E-state index in [1.54, 1.807) is 5.38 Å². The second-order valence-electron chi connectivity index (χ2n) is 6.09. The zero-order valence-corrected chi connectivity index (χ0v) is 14.8. The molecule has 1 aromatic carbocycles. The number of amides is 2. The summed E-state index contributed by atoms with van der Waals surface area (Å²) in [6, 6.07) is 7.97. The summed E-state index contributed by atoms with van der Waals surface area (Å²) < 4.78 is 0. The van der Waals surface area contributed by atoms with E-state index >= 15 is 0 Å². The number of benzene rings is 1. The first-order valence-electron chi connectivity index (χ1n) is 8.44. The van der Waals surface area contributed by atoms with Gasteiger partial charge in [0, 0.05) is 37.9 Å². The van der Waals surface area contributed by atoms with Crippen molar-refractivity contribution in [1.29, 1.82) is 0 Å². The Hall–Kier alpha value is -2.25. The number of nitrogens with two attached hydrogens (primary N) is 1. The first-order chi connectivity index (χ1) is 12.2. The van der Waals surface area contributed by atoms with Gasteiger partial charge in [0.15, 0.2) is 0 Å². The van der Waals surface area contributed by atoms with Gasteiger partial charge in [0.2, 0.25) is 5.91 Å². The zero-order valence-electron chi connectivity index (χ0n) is 14.0. The molecule has 2 amide bonds. The molecule has 132 valence electrons. The van der Waals surface area contributed by atoms with Crippen LogP contribution in [0.4, 0.5) is 0 Å². The van der Waals surface area contributed by atoms with Crippen molar-refractivity contribution < 1.29 is 9.59 Å². The lowest BCUT2D eigenvalue weighted by Gasteiger charge is -2.16. The summed E-state index contributed by atoms with van der Waals surface area (Å²) in [7, 11) is 0. The Kier molecular flexibility index (Phi) is 5.78. The van der Waals surface area contributed by atoms with Gasteiger partial charge in [-0.3, -0.25) is 9.59 Å². The van der Waals surface area contributed by atoms with E-state index < -0.39 is 0 Å². The van der Waals surface area contributed by atoms with Crippen molar-refractivity contribution in [3.8, 4) is 0 Å². The van der Waals surface area contributed by atoms with Crippen LogP contribution in [0.25, 0.3) is 0 Å². The molecule has 1 aliphatic heterocycles. The van der Waals surface area contributed by atoms with Crippen LogP contribution in [-0.4, -0.2) is 34.8 Å². The number of hydrogen-bond donors (Lipinski definition) is 2. The second kappa shape index (κ2) is 8.22. The Balaban J connectivity index is 1.56. The van der Waals surface area contributed by atoms with Crippen molar-refractivity contribution in [3.05, 3.63) is 51.5 Å². The van der Waals surface area contributed by atoms with Crippen molar-refractivity contribution in [3.63, 3.8) is 0 Å². The van der Waals surface area contributed by atoms with Crippen molar-refractivity contribution in [2.45, 2.75) is 32.4 Å². The molecule has 0 unspecified atom stereocenters. The van der Waals surface area contributed by atoms with Crippen LogP contribution in [0, 0.1) is 0 Å². The molecule has 1 aromatic heterocycles. The summed E-state index contributed by atoms with van der Waals surface area (Å²) in [5, 5.41) is 5.53. The number of nitrogens with zero attached hydrogens (tertiary/aromatic N) is 2. The maximum Gasteiger partial charge on any atom is 0.271 e. The zero-order chi connectivity index (χ0) is 17.6. The van der Waals surface area contributed by atoms with Crippen LogP contribution >= 0.6 is 11.3 Å². The molecule has 25 heavy (non-hydrogen) atoms. The van der Waals surface area contributed by atoms with E-state index in [1.165, 1.54) is 11.3 Å². The summed E-state index contributed by atoms with van der Waals surface area (Å²) in [6.07, 6.45) is 2.28. The molecule has 1 fully saturated rings. The third kappa shape index (κ3) is 4.64. The van der Waals surface area contributed by atoms with Crippen LogP contribution in [0.3, 0.4) is 0 Å². The minimum Gasteiger partial charge on any atom is -0.347 e. The summed E-state index contributed by atoms with van der Waals surface area (Å²) >= 11 is 1.46. The van der Waals surface area contributed by atoms with Gasteiger partial charge in [-0.15, -0.1) is 11.3 Å². The average molecular weight is 358 g/mol. The summed E-state index contributed by atoms with van der Waals surface area (Å²) in [4.78, 5) is 30.1. The molecule has 3 rings (SSSR count). The summed E-state index contributed by atoms with van der Waals surface area (Å²) in [5.74, 6) is 0.0372. The van der Waals surface area contributed by atoms with Gasteiger partial charge in [0.05, 0.1) is 5.01 Å². The Morgan fingerprint density at radius 2 is 2.20 bits per heavy atom. The van der Waals surface area contributed by atoms with Gasteiger partial charge in [-0.25, -0.2) is 4.98 Å². The Bertz CT molecular complexity index is 759. The molecule has 7 heteroatoms. The van der Waals surface area contributed by atoms with E-state index in [0.29, 0.717) is 38.2 Å². The van der Waals surface area contributed by atoms with Gasteiger partial charge in [0.25, 0.3) is 5.91 Å². The van der Waals surface area contributed by atoms with Crippen LogP contribution in [0.5, 0.6) is 0 Å². The van der Waals surface area contributed by atoms with Crippen LogP contribution in [0.2, 0.25) is 0 Å². The minimum absolute atomic E-state index is 0.181. The van der Waals surface area contributed by atoms with Crippen LogP contribution in [0.1, 0.15) is 39.5 Å². The van der Waals surface area contributed by atoms with Gasteiger partial charge in [-0.2, -0.15) is 0 Å². The number of carbonyl (C=O) groups excluding carboxylic acids is 2. The molecule has 1 saturated heterocycles. The van der Waals surface area contributed by atoms with E-state index in [4.69, 9.17) is 5.73 Å². The number of nitrogens with one attached hydrogen (secondary N) is 1. The maximum absolute atomic E-state index is 12.2. The van der Waals surface area contributed by atoms with E-state index in [0.717, 1.165) is 29.1 Å². The molecule has 0 saturated carbocycles. The van der Waals surface area contributed by atoms with E-state index in [-0.39, 0.29) is 11.8 Å². The Labute approximate surface area is 151 Å². The molecule has 2 aromatic rings. The van der Waals surface area contributed by atoms with Crippen molar-refractivity contribution in [1.82, 2.24) is 15.2 Å². The molecule has 0 bridgehead atoms. The van der Waals surface area contributed by atoms with Crippen molar-refractivity contribution >= 4 is 23.2 Å². The van der Waals surface area contributed by atoms with E-state index in [1.807, 2.05) is 29.2 Å². The third-order valence-electron chi connectivity index (χ3n) is 4.13. The number of rotatable bonds is 7. The lowest BCUT2D eigenvalue weighted by molar-refractivity contribution is -0.128. The molecule has 3 N–H and O–H groups in total. The number of thiazole rings is 1. The van der Waals surface area contributed by atoms with E-state index in [9.17, 15) is 9.59 Å². The van der Waals surface area contributed by atoms with Crippen LogP contribution < -0.4 is 11.1 Å². The first-order valence-corrected chi connectivity index (χ1v) is 9.32. The van der Waals surface area contributed by atoms with Crippen LogP contribution in [0.15, 0.2) is 29.6 Å². The summed E-state index contributed by atoms with van der Waals surface area (Å²) in [6.45, 7) is 2.43.